The van der Waals surface area contributed by atoms with E-state index < -0.39 is 0 Å². The van der Waals surface area contributed by atoms with Crippen molar-refractivity contribution in [3.05, 3.63) is 58.9 Å². The van der Waals surface area contributed by atoms with E-state index in [-0.39, 0.29) is 23.4 Å². The minimum absolute atomic E-state index is 0.0301. The van der Waals surface area contributed by atoms with Crippen molar-refractivity contribution in [2.24, 2.45) is 0 Å². The monoisotopic (exact) mass is 373 g/mol. The van der Waals surface area contributed by atoms with Gasteiger partial charge in [0.15, 0.2) is 0 Å². The molecular formula is C20H24ClN3O2. The van der Waals surface area contributed by atoms with Gasteiger partial charge in [-0.15, -0.1) is 0 Å². The van der Waals surface area contributed by atoms with Crippen LogP contribution in [0.1, 0.15) is 43.1 Å². The van der Waals surface area contributed by atoms with Gasteiger partial charge in [-0.1, -0.05) is 29.8 Å². The van der Waals surface area contributed by atoms with Crippen molar-refractivity contribution in [2.75, 3.05) is 6.54 Å². The Labute approximate surface area is 158 Å². The predicted molar refractivity (Wildman–Crippen MR) is 102 cm³/mol. The first-order chi connectivity index (χ1) is 12.2. The van der Waals surface area contributed by atoms with E-state index in [1.807, 2.05) is 41.2 Å². The summed E-state index contributed by atoms with van der Waals surface area (Å²) in [4.78, 5) is 26.5. The van der Waals surface area contributed by atoms with Gasteiger partial charge in [-0.25, -0.2) is 0 Å². The van der Waals surface area contributed by atoms with Crippen LogP contribution in [-0.4, -0.2) is 33.9 Å². The zero-order valence-corrected chi connectivity index (χ0v) is 16.1. The number of aromatic nitrogens is 1. The minimum atomic E-state index is -0.185. The minimum Gasteiger partial charge on any atom is -0.348 e. The zero-order valence-electron chi connectivity index (χ0n) is 15.3. The first kappa shape index (κ1) is 18.5. The Kier molecular flexibility index (Phi) is 5.10. The van der Waals surface area contributed by atoms with Crippen LogP contribution in [0.4, 0.5) is 0 Å². The van der Waals surface area contributed by atoms with Crippen molar-refractivity contribution in [1.82, 2.24) is 14.8 Å². The molecule has 0 aliphatic carbocycles. The number of carbonyl (C=O) groups excluding carboxylic acids is 2. The second kappa shape index (κ2) is 7.16. The maximum absolute atomic E-state index is 12.5. The van der Waals surface area contributed by atoms with E-state index in [0.717, 1.165) is 5.56 Å². The highest BCUT2D eigenvalue weighted by atomic mass is 35.5. The van der Waals surface area contributed by atoms with E-state index in [2.05, 4.69) is 26.1 Å². The van der Waals surface area contributed by atoms with Crippen molar-refractivity contribution in [1.29, 1.82) is 0 Å². The maximum atomic E-state index is 12.5. The van der Waals surface area contributed by atoms with E-state index in [9.17, 15) is 9.59 Å². The van der Waals surface area contributed by atoms with Crippen LogP contribution in [0.15, 0.2) is 42.7 Å². The van der Waals surface area contributed by atoms with Gasteiger partial charge in [-0.2, -0.15) is 0 Å². The van der Waals surface area contributed by atoms with E-state index in [1.54, 1.807) is 11.0 Å². The maximum Gasteiger partial charge on any atom is 0.253 e. The van der Waals surface area contributed by atoms with Crippen LogP contribution in [0, 0.1) is 0 Å². The summed E-state index contributed by atoms with van der Waals surface area (Å²) in [6, 6.07) is 9.12. The lowest BCUT2D eigenvalue weighted by molar-refractivity contribution is -0.128. The molecule has 6 heteroatoms. The Morgan fingerprint density at radius 3 is 2.65 bits per heavy atom. The molecule has 0 saturated carbocycles. The molecule has 2 heterocycles. The molecule has 5 nitrogen and oxygen atoms in total. The Hall–Kier alpha value is -2.27. The predicted octanol–water partition coefficient (Wildman–Crippen LogP) is 3.43. The molecule has 1 aliphatic heterocycles. The van der Waals surface area contributed by atoms with Crippen LogP contribution in [0.25, 0.3) is 0 Å². The van der Waals surface area contributed by atoms with Gasteiger partial charge in [0.1, 0.15) is 0 Å². The third kappa shape index (κ3) is 4.10. The molecule has 1 fully saturated rings. The van der Waals surface area contributed by atoms with Gasteiger partial charge >= 0.3 is 0 Å². The van der Waals surface area contributed by atoms with Crippen molar-refractivity contribution >= 4 is 23.4 Å². The average Bonchev–Trinajstić information content (AvgIpc) is 3.17. The van der Waals surface area contributed by atoms with Crippen molar-refractivity contribution in [3.63, 3.8) is 0 Å². The number of halogens is 1. The van der Waals surface area contributed by atoms with Gasteiger partial charge in [0.05, 0.1) is 11.6 Å². The standard InChI is InChI=1S/C20H24ClN3O2/c1-20(2,3)24-9-8-15(12-24)19(26)22-16-10-18(25)23(13-16)11-14-6-4-5-7-17(14)21/h4-9,12,16H,10-11,13H2,1-3H3,(H,22,26). The fourth-order valence-corrected chi connectivity index (χ4v) is 3.27. The van der Waals surface area contributed by atoms with Crippen LogP contribution in [-0.2, 0) is 16.9 Å². The molecule has 0 spiro atoms. The summed E-state index contributed by atoms with van der Waals surface area (Å²) in [5.74, 6) is -0.118. The molecule has 1 atom stereocenters. The van der Waals surface area contributed by atoms with Crippen molar-refractivity contribution in [3.8, 4) is 0 Å². The Morgan fingerprint density at radius 2 is 2.00 bits per heavy atom. The lowest BCUT2D eigenvalue weighted by Gasteiger charge is -2.21. The van der Waals surface area contributed by atoms with E-state index in [4.69, 9.17) is 11.6 Å². The molecule has 1 N–H and O–H groups in total. The molecule has 1 aromatic heterocycles. The largest absolute Gasteiger partial charge is 0.348 e. The van der Waals surface area contributed by atoms with Crippen molar-refractivity contribution < 1.29 is 9.59 Å². The summed E-state index contributed by atoms with van der Waals surface area (Å²) in [5, 5.41) is 3.62. The summed E-state index contributed by atoms with van der Waals surface area (Å²) in [7, 11) is 0. The molecule has 1 aliphatic rings. The molecule has 1 aromatic carbocycles. The summed E-state index contributed by atoms with van der Waals surface area (Å²) in [6.07, 6.45) is 4.06. The highest BCUT2D eigenvalue weighted by Gasteiger charge is 2.31. The van der Waals surface area contributed by atoms with Crippen LogP contribution < -0.4 is 5.32 Å². The molecule has 26 heavy (non-hydrogen) atoms. The highest BCUT2D eigenvalue weighted by Crippen LogP contribution is 2.21. The normalized spacial score (nSPS) is 17.6. The lowest BCUT2D eigenvalue weighted by Crippen LogP contribution is -2.37. The van der Waals surface area contributed by atoms with Gasteiger partial charge in [0, 0.05) is 42.5 Å². The smallest absolute Gasteiger partial charge is 0.253 e. The first-order valence-corrected chi connectivity index (χ1v) is 9.12. The van der Waals surface area contributed by atoms with Crippen molar-refractivity contribution in [2.45, 2.75) is 45.3 Å². The van der Waals surface area contributed by atoms with E-state index >= 15 is 0 Å². The molecule has 3 rings (SSSR count). The number of benzene rings is 1. The van der Waals surface area contributed by atoms with Crippen LogP contribution in [0.5, 0.6) is 0 Å². The molecule has 1 saturated heterocycles. The zero-order chi connectivity index (χ0) is 18.9. The topological polar surface area (TPSA) is 54.3 Å². The van der Waals surface area contributed by atoms with Gasteiger partial charge < -0.3 is 14.8 Å². The molecule has 0 radical (unpaired) electrons. The number of likely N-dealkylation sites (tertiary alicyclic amines) is 1. The first-order valence-electron chi connectivity index (χ1n) is 8.74. The molecule has 1 unspecified atom stereocenters. The Morgan fingerprint density at radius 1 is 1.27 bits per heavy atom. The van der Waals surface area contributed by atoms with Gasteiger partial charge in [0.25, 0.3) is 5.91 Å². The fraction of sp³-hybridized carbons (Fsp3) is 0.400. The van der Waals surface area contributed by atoms with Crippen LogP contribution >= 0.6 is 11.6 Å². The number of rotatable bonds is 4. The third-order valence-electron chi connectivity index (χ3n) is 4.60. The van der Waals surface area contributed by atoms with E-state index in [1.165, 1.54) is 0 Å². The van der Waals surface area contributed by atoms with Crippen LogP contribution in [0.2, 0.25) is 5.02 Å². The summed E-state index contributed by atoms with van der Waals surface area (Å²) >= 11 is 6.18. The Bertz CT molecular complexity index is 822. The number of nitrogens with zero attached hydrogens (tertiary/aromatic N) is 2. The van der Waals surface area contributed by atoms with Gasteiger partial charge in [0.2, 0.25) is 5.91 Å². The summed E-state index contributed by atoms with van der Waals surface area (Å²) < 4.78 is 2.01. The molecule has 138 valence electrons. The van der Waals surface area contributed by atoms with Crippen LogP contribution in [0.3, 0.4) is 0 Å². The molecule has 2 amide bonds. The number of nitrogens with one attached hydrogen (secondary N) is 1. The summed E-state index contributed by atoms with van der Waals surface area (Å²) in [5.41, 5.74) is 1.45. The molecule has 0 bridgehead atoms. The number of hydrogen-bond donors (Lipinski definition) is 1. The lowest BCUT2D eigenvalue weighted by atomic mass is 10.1. The van der Waals surface area contributed by atoms with Gasteiger partial charge in [-0.05, 0) is 38.5 Å². The number of hydrogen-bond acceptors (Lipinski definition) is 2. The second-order valence-corrected chi connectivity index (χ2v) is 8.13. The van der Waals surface area contributed by atoms with E-state index in [0.29, 0.717) is 30.1 Å². The average molecular weight is 374 g/mol. The third-order valence-corrected chi connectivity index (χ3v) is 4.97. The second-order valence-electron chi connectivity index (χ2n) is 7.72. The SMILES string of the molecule is CC(C)(C)n1ccc(C(=O)NC2CC(=O)N(Cc3ccccc3Cl)C2)c1. The highest BCUT2D eigenvalue weighted by molar-refractivity contribution is 6.31. The number of amides is 2. The number of carbonyl (C=O) groups is 2. The quantitative estimate of drug-likeness (QED) is 0.892. The summed E-state index contributed by atoms with van der Waals surface area (Å²) in [6.45, 7) is 7.20. The molecule has 2 aromatic rings. The van der Waals surface area contributed by atoms with Gasteiger partial charge in [-0.3, -0.25) is 9.59 Å². The fourth-order valence-electron chi connectivity index (χ4n) is 3.07. The Balaban J connectivity index is 1.61. The molecular weight excluding hydrogens is 350 g/mol.